The normalized spacial score (nSPS) is 10.4. The molecule has 0 aliphatic heterocycles. The second-order valence-corrected chi connectivity index (χ2v) is 7.32. The van der Waals surface area contributed by atoms with Crippen LogP contribution in [0.5, 0.6) is 0 Å². The van der Waals surface area contributed by atoms with E-state index in [0.29, 0.717) is 22.2 Å². The first-order valence-corrected chi connectivity index (χ1v) is 10.2. The molecule has 0 bridgehead atoms. The van der Waals surface area contributed by atoms with E-state index in [1.807, 2.05) is 65.2 Å². The molecule has 1 aromatic heterocycles. The van der Waals surface area contributed by atoms with E-state index >= 15 is 0 Å². The van der Waals surface area contributed by atoms with Crippen molar-refractivity contribution in [3.8, 4) is 23.1 Å². The first-order valence-electron chi connectivity index (χ1n) is 9.23. The highest BCUT2D eigenvalue weighted by Crippen LogP contribution is 2.27. The van der Waals surface area contributed by atoms with Crippen LogP contribution in [0.15, 0.2) is 90.1 Å². The topological polar surface area (TPSA) is 83.6 Å². The Kier molecular flexibility index (Phi) is 5.88. The number of nitrogens with one attached hydrogen (secondary N) is 1. The van der Waals surface area contributed by atoms with Gasteiger partial charge in [-0.2, -0.15) is 5.26 Å². The molecule has 0 atom stereocenters. The van der Waals surface area contributed by atoms with Crippen LogP contribution in [-0.2, 0) is 4.79 Å². The monoisotopic (exact) mass is 411 g/mol. The summed E-state index contributed by atoms with van der Waals surface area (Å²) >= 11 is 1.31. The number of amides is 1. The van der Waals surface area contributed by atoms with Crippen LogP contribution in [0.25, 0.3) is 17.1 Å². The molecule has 0 saturated carbocycles. The smallest absolute Gasteiger partial charge is 0.234 e. The second-order valence-electron chi connectivity index (χ2n) is 6.37. The van der Waals surface area contributed by atoms with Crippen molar-refractivity contribution >= 4 is 23.4 Å². The Hall–Kier alpha value is -3.89. The summed E-state index contributed by atoms with van der Waals surface area (Å²) in [5.74, 6) is 0.696. The van der Waals surface area contributed by atoms with Gasteiger partial charge in [0, 0.05) is 16.9 Å². The van der Waals surface area contributed by atoms with E-state index in [0.717, 1.165) is 11.3 Å². The van der Waals surface area contributed by atoms with Gasteiger partial charge in [0.05, 0.1) is 17.4 Å². The number of hydrogen-bond acceptors (Lipinski definition) is 5. The number of nitrogens with zero attached hydrogens (tertiary/aromatic N) is 4. The number of para-hydroxylation sites is 1. The lowest BCUT2D eigenvalue weighted by Gasteiger charge is -2.10. The van der Waals surface area contributed by atoms with E-state index < -0.39 is 0 Å². The summed E-state index contributed by atoms with van der Waals surface area (Å²) in [7, 11) is 0. The number of rotatable bonds is 6. The number of anilines is 1. The van der Waals surface area contributed by atoms with Crippen LogP contribution in [-0.4, -0.2) is 26.4 Å². The molecule has 1 amide bonds. The molecule has 30 heavy (non-hydrogen) atoms. The lowest BCUT2D eigenvalue weighted by Crippen LogP contribution is -2.14. The van der Waals surface area contributed by atoms with Gasteiger partial charge in [0.2, 0.25) is 5.91 Å². The molecule has 1 N–H and O–H groups in total. The number of nitriles is 1. The third kappa shape index (κ3) is 4.40. The first-order chi connectivity index (χ1) is 14.7. The molecular weight excluding hydrogens is 394 g/mol. The number of thioether (sulfide) groups is 1. The quantitative estimate of drug-likeness (QED) is 0.471. The van der Waals surface area contributed by atoms with Gasteiger partial charge in [-0.3, -0.25) is 9.36 Å². The summed E-state index contributed by atoms with van der Waals surface area (Å²) in [6.45, 7) is 0. The highest BCUT2D eigenvalue weighted by molar-refractivity contribution is 7.99. The van der Waals surface area contributed by atoms with Gasteiger partial charge in [0.15, 0.2) is 11.0 Å². The average molecular weight is 411 g/mol. The van der Waals surface area contributed by atoms with E-state index in [2.05, 4.69) is 21.6 Å². The summed E-state index contributed by atoms with van der Waals surface area (Å²) in [5, 5.41) is 21.1. The summed E-state index contributed by atoms with van der Waals surface area (Å²) in [6.07, 6.45) is 0. The van der Waals surface area contributed by atoms with Crippen LogP contribution in [0.4, 0.5) is 5.69 Å². The minimum atomic E-state index is -0.182. The summed E-state index contributed by atoms with van der Waals surface area (Å²) in [6, 6.07) is 28.5. The van der Waals surface area contributed by atoms with Gasteiger partial charge in [-0.05, 0) is 30.3 Å². The minimum absolute atomic E-state index is 0.163. The SMILES string of the molecule is N#Cc1cccc(NC(=O)CSc2nnc(-c3ccccc3)n2-c2ccccc2)c1. The minimum Gasteiger partial charge on any atom is -0.325 e. The van der Waals surface area contributed by atoms with E-state index in [-0.39, 0.29) is 11.7 Å². The maximum atomic E-state index is 12.4. The molecule has 0 fully saturated rings. The Morgan fingerprint density at radius 1 is 0.967 bits per heavy atom. The zero-order chi connectivity index (χ0) is 20.8. The number of carbonyl (C=O) groups is 1. The molecule has 6 nitrogen and oxygen atoms in total. The van der Waals surface area contributed by atoms with Crippen LogP contribution in [0, 0.1) is 11.3 Å². The number of hydrogen-bond donors (Lipinski definition) is 1. The Bertz CT molecular complexity index is 1200. The van der Waals surface area contributed by atoms with Gasteiger partial charge in [-0.1, -0.05) is 66.4 Å². The van der Waals surface area contributed by atoms with Crippen molar-refractivity contribution in [2.75, 3.05) is 11.1 Å². The Morgan fingerprint density at radius 2 is 1.70 bits per heavy atom. The number of carbonyl (C=O) groups excluding carboxylic acids is 1. The van der Waals surface area contributed by atoms with E-state index in [1.54, 1.807) is 24.3 Å². The predicted octanol–water partition coefficient (Wildman–Crippen LogP) is 4.54. The number of aromatic nitrogens is 3. The fraction of sp³-hybridized carbons (Fsp3) is 0.0435. The Balaban J connectivity index is 1.56. The maximum Gasteiger partial charge on any atom is 0.234 e. The highest BCUT2D eigenvalue weighted by atomic mass is 32.2. The largest absolute Gasteiger partial charge is 0.325 e. The molecule has 4 rings (SSSR count). The van der Waals surface area contributed by atoms with Crippen molar-refractivity contribution < 1.29 is 4.79 Å². The van der Waals surface area contributed by atoms with E-state index in [1.165, 1.54) is 11.8 Å². The Labute approximate surface area is 178 Å². The molecule has 146 valence electrons. The van der Waals surface area contributed by atoms with Gasteiger partial charge < -0.3 is 5.32 Å². The Morgan fingerprint density at radius 3 is 2.43 bits per heavy atom. The second kappa shape index (κ2) is 9.07. The van der Waals surface area contributed by atoms with Gasteiger partial charge >= 0.3 is 0 Å². The van der Waals surface area contributed by atoms with Crippen LogP contribution in [0.3, 0.4) is 0 Å². The first kappa shape index (κ1) is 19.4. The molecule has 0 radical (unpaired) electrons. The molecular formula is C23H17N5OS. The highest BCUT2D eigenvalue weighted by Gasteiger charge is 2.17. The average Bonchev–Trinajstić information content (AvgIpc) is 3.23. The molecule has 0 spiro atoms. The molecule has 0 unspecified atom stereocenters. The third-order valence-corrected chi connectivity index (χ3v) is 5.22. The van der Waals surface area contributed by atoms with Crippen molar-refractivity contribution in [1.29, 1.82) is 5.26 Å². The van der Waals surface area contributed by atoms with Crippen LogP contribution < -0.4 is 5.32 Å². The fourth-order valence-corrected chi connectivity index (χ4v) is 3.69. The van der Waals surface area contributed by atoms with Crippen molar-refractivity contribution in [2.45, 2.75) is 5.16 Å². The predicted molar refractivity (Wildman–Crippen MR) is 117 cm³/mol. The lowest BCUT2D eigenvalue weighted by molar-refractivity contribution is -0.113. The van der Waals surface area contributed by atoms with Crippen LogP contribution >= 0.6 is 11.8 Å². The fourth-order valence-electron chi connectivity index (χ4n) is 2.94. The molecule has 4 aromatic rings. The van der Waals surface area contributed by atoms with Gasteiger partial charge in [-0.25, -0.2) is 0 Å². The molecule has 7 heteroatoms. The molecule has 0 aliphatic rings. The van der Waals surface area contributed by atoms with E-state index in [9.17, 15) is 4.79 Å². The summed E-state index contributed by atoms with van der Waals surface area (Å²) in [4.78, 5) is 12.4. The van der Waals surface area contributed by atoms with Crippen LogP contribution in [0.2, 0.25) is 0 Å². The molecule has 0 aliphatic carbocycles. The molecule has 3 aromatic carbocycles. The van der Waals surface area contributed by atoms with Crippen LogP contribution in [0.1, 0.15) is 5.56 Å². The lowest BCUT2D eigenvalue weighted by atomic mass is 10.2. The van der Waals surface area contributed by atoms with E-state index in [4.69, 9.17) is 5.26 Å². The van der Waals surface area contributed by atoms with Gasteiger partial charge in [-0.15, -0.1) is 10.2 Å². The van der Waals surface area contributed by atoms with Crippen molar-refractivity contribution in [3.05, 3.63) is 90.5 Å². The van der Waals surface area contributed by atoms with Crippen molar-refractivity contribution in [1.82, 2.24) is 14.8 Å². The molecule has 0 saturated heterocycles. The van der Waals surface area contributed by atoms with Gasteiger partial charge in [0.1, 0.15) is 0 Å². The number of benzene rings is 3. The maximum absolute atomic E-state index is 12.4. The third-order valence-electron chi connectivity index (χ3n) is 4.29. The standard InChI is InChI=1S/C23H17N5OS/c24-15-17-8-7-11-19(14-17)25-21(29)16-30-23-27-26-22(18-9-3-1-4-10-18)28(23)20-12-5-2-6-13-20/h1-14H,16H2,(H,25,29). The summed E-state index contributed by atoms with van der Waals surface area (Å²) in [5.41, 5.74) is 2.95. The van der Waals surface area contributed by atoms with Crippen molar-refractivity contribution in [2.24, 2.45) is 0 Å². The van der Waals surface area contributed by atoms with Gasteiger partial charge in [0.25, 0.3) is 0 Å². The zero-order valence-electron chi connectivity index (χ0n) is 15.9. The molecule has 1 heterocycles. The summed E-state index contributed by atoms with van der Waals surface area (Å²) < 4.78 is 1.95. The zero-order valence-corrected chi connectivity index (χ0v) is 16.7. The van der Waals surface area contributed by atoms with Crippen molar-refractivity contribution in [3.63, 3.8) is 0 Å².